The number of carbonyl (C=O) groups excluding carboxylic acids is 2. The summed E-state index contributed by atoms with van der Waals surface area (Å²) < 4.78 is 24.0. The molecule has 5 unspecified atom stereocenters. The zero-order valence-electron chi connectivity index (χ0n) is 20.2. The summed E-state index contributed by atoms with van der Waals surface area (Å²) in [5, 5.41) is 0. The first kappa shape index (κ1) is 25.7. The molecule has 5 atom stereocenters. The highest BCUT2D eigenvalue weighted by atomic mass is 16.6. The van der Waals surface area contributed by atoms with Crippen LogP contribution in [0.5, 0.6) is 0 Å². The molecule has 7 nitrogen and oxygen atoms in total. The fourth-order valence-electron chi connectivity index (χ4n) is 4.15. The van der Waals surface area contributed by atoms with Crippen LogP contribution >= 0.6 is 0 Å². The number of benzene rings is 3. The van der Waals surface area contributed by atoms with E-state index >= 15 is 0 Å². The van der Waals surface area contributed by atoms with E-state index in [0.29, 0.717) is 13.2 Å². The van der Waals surface area contributed by atoms with E-state index in [2.05, 4.69) is 0 Å². The van der Waals surface area contributed by atoms with Crippen molar-refractivity contribution in [3.63, 3.8) is 0 Å². The molecule has 2 N–H and O–H groups in total. The lowest BCUT2D eigenvalue weighted by atomic mass is 9.93. The van der Waals surface area contributed by atoms with Crippen LogP contribution in [-0.2, 0) is 37.0 Å². The van der Waals surface area contributed by atoms with Crippen LogP contribution < -0.4 is 5.73 Å². The number of hydrogen-bond donors (Lipinski definition) is 1. The number of rotatable bonds is 10. The molecule has 1 heterocycles. The number of Topliss-reactive ketones (excluding diaryl/α,β-unsaturated/α-hetero) is 1. The lowest BCUT2D eigenvalue weighted by Crippen LogP contribution is -2.62. The number of ketones is 1. The van der Waals surface area contributed by atoms with Crippen molar-refractivity contribution in [3.05, 3.63) is 108 Å². The average molecular weight is 490 g/mol. The van der Waals surface area contributed by atoms with Gasteiger partial charge in [-0.05, 0) is 18.1 Å². The van der Waals surface area contributed by atoms with E-state index in [-0.39, 0.29) is 18.3 Å². The molecule has 0 spiro atoms. The van der Waals surface area contributed by atoms with E-state index in [1.807, 2.05) is 67.6 Å². The van der Waals surface area contributed by atoms with Gasteiger partial charge in [0, 0.05) is 5.56 Å². The minimum absolute atomic E-state index is 0.168. The minimum atomic E-state index is -0.948. The highest BCUT2D eigenvalue weighted by Crippen LogP contribution is 2.27. The number of esters is 1. The Kier molecular flexibility index (Phi) is 8.97. The number of carbonyl (C=O) groups is 2. The second kappa shape index (κ2) is 12.6. The van der Waals surface area contributed by atoms with E-state index in [9.17, 15) is 9.59 Å². The van der Waals surface area contributed by atoms with Gasteiger partial charge in [0.25, 0.3) is 5.78 Å². The Bertz CT molecular complexity index is 1110. The Balaban J connectivity index is 1.48. The van der Waals surface area contributed by atoms with E-state index < -0.39 is 36.1 Å². The number of nitrogens with two attached hydrogens (primary N) is 1. The largest absolute Gasteiger partial charge is 0.457 e. The van der Waals surface area contributed by atoms with E-state index in [0.717, 1.165) is 11.1 Å². The van der Waals surface area contributed by atoms with Gasteiger partial charge in [-0.3, -0.25) is 4.79 Å². The summed E-state index contributed by atoms with van der Waals surface area (Å²) in [4.78, 5) is 24.9. The molecule has 0 aromatic heterocycles. The lowest BCUT2D eigenvalue weighted by molar-refractivity contribution is -0.223. The first-order valence-corrected chi connectivity index (χ1v) is 12.0. The molecule has 3 aromatic carbocycles. The topological polar surface area (TPSA) is 97.1 Å². The Morgan fingerprint density at radius 1 is 0.778 bits per heavy atom. The molecule has 0 bridgehead atoms. The Hall–Kier alpha value is -3.36. The maximum Gasteiger partial charge on any atom is 0.379 e. The number of hydrogen-bond acceptors (Lipinski definition) is 7. The van der Waals surface area contributed by atoms with Gasteiger partial charge in [-0.2, -0.15) is 0 Å². The Labute approximate surface area is 211 Å². The molecule has 1 aliphatic heterocycles. The molecule has 188 valence electrons. The second-order valence-electron chi connectivity index (χ2n) is 8.77. The van der Waals surface area contributed by atoms with Crippen molar-refractivity contribution in [2.24, 2.45) is 5.73 Å². The summed E-state index contributed by atoms with van der Waals surface area (Å²) in [5.74, 6) is -1.66. The van der Waals surface area contributed by atoms with Crippen molar-refractivity contribution in [3.8, 4) is 0 Å². The fourth-order valence-corrected chi connectivity index (χ4v) is 4.15. The predicted molar refractivity (Wildman–Crippen MR) is 134 cm³/mol. The first-order valence-electron chi connectivity index (χ1n) is 12.0. The minimum Gasteiger partial charge on any atom is -0.457 e. The van der Waals surface area contributed by atoms with E-state index in [4.69, 9.17) is 24.7 Å². The van der Waals surface area contributed by atoms with Crippen LogP contribution in [0.15, 0.2) is 91.0 Å². The molecule has 0 saturated carbocycles. The summed E-state index contributed by atoms with van der Waals surface area (Å²) in [6.07, 6.45) is -2.20. The van der Waals surface area contributed by atoms with Gasteiger partial charge in [0.15, 0.2) is 0 Å². The Morgan fingerprint density at radius 3 is 1.83 bits per heavy atom. The smallest absolute Gasteiger partial charge is 0.379 e. The predicted octanol–water partition coefficient (Wildman–Crippen LogP) is 3.70. The van der Waals surface area contributed by atoms with Crippen molar-refractivity contribution in [1.82, 2.24) is 0 Å². The van der Waals surface area contributed by atoms with Crippen LogP contribution in [0.2, 0.25) is 0 Å². The van der Waals surface area contributed by atoms with Gasteiger partial charge in [0.2, 0.25) is 0 Å². The summed E-state index contributed by atoms with van der Waals surface area (Å²) in [6.45, 7) is 2.32. The zero-order chi connectivity index (χ0) is 25.3. The summed E-state index contributed by atoms with van der Waals surface area (Å²) >= 11 is 0. The fraction of sp³-hybridized carbons (Fsp3) is 0.310. The zero-order valence-corrected chi connectivity index (χ0v) is 20.2. The van der Waals surface area contributed by atoms with Crippen LogP contribution in [0, 0.1) is 0 Å². The SMILES string of the molecule is CC1OC(COC(=O)C(=O)c2ccccc2)C(OCc2ccccc2)C(OCc2ccccc2)C1N. The molecule has 0 amide bonds. The Morgan fingerprint density at radius 2 is 1.28 bits per heavy atom. The third-order valence-corrected chi connectivity index (χ3v) is 6.17. The standard InChI is InChI=1S/C29H31NO6/c1-20-25(30)28(34-18-22-13-7-3-8-14-22)27(33-17-21-11-5-2-6-12-21)24(36-20)19-35-29(32)26(31)23-15-9-4-10-16-23/h2-16,20,24-25,27-28H,17-19,30H2,1H3. The van der Waals surface area contributed by atoms with Crippen molar-refractivity contribution in [2.45, 2.75) is 50.6 Å². The summed E-state index contributed by atoms with van der Waals surface area (Å²) in [5.41, 5.74) is 8.74. The third-order valence-electron chi connectivity index (χ3n) is 6.17. The molecule has 1 fully saturated rings. The highest BCUT2D eigenvalue weighted by Gasteiger charge is 2.45. The lowest BCUT2D eigenvalue weighted by Gasteiger charge is -2.44. The van der Waals surface area contributed by atoms with Gasteiger partial charge in [0.05, 0.1) is 25.4 Å². The van der Waals surface area contributed by atoms with Gasteiger partial charge < -0.3 is 24.7 Å². The monoisotopic (exact) mass is 489 g/mol. The maximum absolute atomic E-state index is 12.5. The van der Waals surface area contributed by atoms with Crippen LogP contribution in [0.1, 0.15) is 28.4 Å². The van der Waals surface area contributed by atoms with Crippen molar-refractivity contribution < 1.29 is 28.5 Å². The quantitative estimate of drug-likeness (QED) is 0.263. The highest BCUT2D eigenvalue weighted by molar-refractivity contribution is 6.40. The van der Waals surface area contributed by atoms with Crippen molar-refractivity contribution in [2.75, 3.05) is 6.61 Å². The first-order chi connectivity index (χ1) is 17.5. The molecular weight excluding hydrogens is 458 g/mol. The van der Waals surface area contributed by atoms with E-state index in [1.54, 1.807) is 30.3 Å². The summed E-state index contributed by atoms with van der Waals surface area (Å²) in [7, 11) is 0. The van der Waals surface area contributed by atoms with Crippen LogP contribution in [-0.4, -0.2) is 48.8 Å². The van der Waals surface area contributed by atoms with E-state index in [1.165, 1.54) is 0 Å². The molecule has 36 heavy (non-hydrogen) atoms. The van der Waals surface area contributed by atoms with Crippen LogP contribution in [0.25, 0.3) is 0 Å². The molecule has 4 rings (SSSR count). The molecule has 1 saturated heterocycles. The van der Waals surface area contributed by atoms with Gasteiger partial charge >= 0.3 is 5.97 Å². The average Bonchev–Trinajstić information content (AvgIpc) is 2.93. The maximum atomic E-state index is 12.5. The van der Waals surface area contributed by atoms with Crippen molar-refractivity contribution in [1.29, 1.82) is 0 Å². The molecule has 0 aliphatic carbocycles. The van der Waals surface area contributed by atoms with Gasteiger partial charge in [0.1, 0.15) is 24.9 Å². The van der Waals surface area contributed by atoms with Crippen molar-refractivity contribution >= 4 is 11.8 Å². The third kappa shape index (κ3) is 6.65. The number of ether oxygens (including phenoxy) is 4. The van der Waals surface area contributed by atoms with Gasteiger partial charge in [-0.25, -0.2) is 4.79 Å². The molecular formula is C29H31NO6. The normalized spacial score (nSPS) is 23.7. The molecule has 7 heteroatoms. The van der Waals surface area contributed by atoms with Crippen LogP contribution in [0.4, 0.5) is 0 Å². The molecule has 0 radical (unpaired) electrons. The van der Waals surface area contributed by atoms with Crippen LogP contribution in [0.3, 0.4) is 0 Å². The van der Waals surface area contributed by atoms with Gasteiger partial charge in [-0.15, -0.1) is 0 Å². The molecule has 3 aromatic rings. The summed E-state index contributed by atoms with van der Waals surface area (Å²) in [6, 6.07) is 27.3. The van der Waals surface area contributed by atoms with Gasteiger partial charge in [-0.1, -0.05) is 91.0 Å². The second-order valence-corrected chi connectivity index (χ2v) is 8.77. The molecule has 1 aliphatic rings.